The maximum absolute atomic E-state index is 12.2. The number of rotatable bonds is 5. The number of anilines is 1. The first kappa shape index (κ1) is 16.0. The van der Waals surface area contributed by atoms with Gasteiger partial charge in [-0.2, -0.15) is 0 Å². The molecule has 0 atom stereocenters. The van der Waals surface area contributed by atoms with Crippen molar-refractivity contribution in [1.82, 2.24) is 4.98 Å². The van der Waals surface area contributed by atoms with Crippen LogP contribution >= 0.6 is 34.5 Å². The van der Waals surface area contributed by atoms with E-state index in [4.69, 9.17) is 23.2 Å². The Balaban J connectivity index is 2.25. The van der Waals surface area contributed by atoms with E-state index < -0.39 is 16.0 Å². The molecule has 21 heavy (non-hydrogen) atoms. The maximum atomic E-state index is 12.2. The third kappa shape index (κ3) is 4.07. The number of thiazole rings is 1. The Bertz CT molecular complexity index is 789. The second kappa shape index (κ2) is 6.18. The van der Waals surface area contributed by atoms with Crippen LogP contribution in [0.3, 0.4) is 0 Å². The SMILES string of the molecule is O=C([O-])Cc1cnc(NS(=O)(=O)c2ccc(Cl)cc2Cl)s1. The minimum absolute atomic E-state index is 0.0264. The van der Waals surface area contributed by atoms with Gasteiger partial charge in [0.2, 0.25) is 0 Å². The summed E-state index contributed by atoms with van der Waals surface area (Å²) in [5, 5.41) is 10.8. The monoisotopic (exact) mass is 365 g/mol. The molecule has 1 heterocycles. The minimum Gasteiger partial charge on any atom is -0.550 e. The largest absolute Gasteiger partial charge is 0.550 e. The van der Waals surface area contributed by atoms with E-state index in [0.717, 1.165) is 11.3 Å². The molecule has 0 fully saturated rings. The fourth-order valence-corrected chi connectivity index (χ4v) is 4.26. The second-order valence-electron chi connectivity index (χ2n) is 3.86. The fourth-order valence-electron chi connectivity index (χ4n) is 1.44. The molecule has 112 valence electrons. The molecule has 0 saturated carbocycles. The van der Waals surface area contributed by atoms with Crippen LogP contribution in [0.25, 0.3) is 0 Å². The molecule has 0 aliphatic rings. The standard InChI is InChI=1S/C11H8Cl2N2O4S2/c12-6-1-2-9(8(13)3-6)21(18,19)15-11-14-5-7(20-11)4-10(16)17/h1-3,5H,4H2,(H,14,15)(H,16,17)/p-1. The maximum Gasteiger partial charge on any atom is 0.265 e. The van der Waals surface area contributed by atoms with Gasteiger partial charge in [0, 0.05) is 28.5 Å². The molecule has 0 unspecified atom stereocenters. The van der Waals surface area contributed by atoms with Gasteiger partial charge < -0.3 is 9.90 Å². The molecule has 0 radical (unpaired) electrons. The third-order valence-electron chi connectivity index (χ3n) is 2.28. The van der Waals surface area contributed by atoms with Crippen molar-refractivity contribution in [1.29, 1.82) is 0 Å². The van der Waals surface area contributed by atoms with Crippen LogP contribution in [-0.2, 0) is 21.2 Å². The Morgan fingerprint density at radius 3 is 2.71 bits per heavy atom. The van der Waals surface area contributed by atoms with Crippen molar-refractivity contribution in [3.63, 3.8) is 0 Å². The number of nitrogens with zero attached hydrogens (tertiary/aromatic N) is 1. The van der Waals surface area contributed by atoms with Gasteiger partial charge in [0.25, 0.3) is 10.0 Å². The molecule has 0 saturated heterocycles. The number of hydrogen-bond acceptors (Lipinski definition) is 6. The number of hydrogen-bond donors (Lipinski definition) is 1. The summed E-state index contributed by atoms with van der Waals surface area (Å²) in [6.07, 6.45) is 0.933. The van der Waals surface area contributed by atoms with Crippen molar-refractivity contribution in [2.75, 3.05) is 4.72 Å². The molecular formula is C11H7Cl2N2O4S2-. The number of carbonyl (C=O) groups excluding carboxylic acids is 1. The summed E-state index contributed by atoms with van der Waals surface area (Å²) in [6.45, 7) is 0. The molecular weight excluding hydrogens is 359 g/mol. The number of carboxylic acids is 1. The van der Waals surface area contributed by atoms with E-state index in [-0.39, 0.29) is 21.5 Å². The predicted molar refractivity (Wildman–Crippen MR) is 78.1 cm³/mol. The van der Waals surface area contributed by atoms with Crippen LogP contribution in [0.4, 0.5) is 5.13 Å². The highest BCUT2D eigenvalue weighted by atomic mass is 35.5. The van der Waals surface area contributed by atoms with Gasteiger partial charge in [-0.15, -0.1) is 11.3 Å². The van der Waals surface area contributed by atoms with Gasteiger partial charge in [-0.1, -0.05) is 23.2 Å². The topological polar surface area (TPSA) is 99.2 Å². The Morgan fingerprint density at radius 2 is 2.10 bits per heavy atom. The van der Waals surface area contributed by atoms with Gasteiger partial charge in [-0.3, -0.25) is 4.72 Å². The van der Waals surface area contributed by atoms with Crippen molar-refractivity contribution in [2.24, 2.45) is 0 Å². The van der Waals surface area contributed by atoms with Crippen LogP contribution in [0, 0.1) is 0 Å². The van der Waals surface area contributed by atoms with Crippen LogP contribution in [0.15, 0.2) is 29.3 Å². The Hall–Kier alpha value is -1.35. The summed E-state index contributed by atoms with van der Waals surface area (Å²) in [5.74, 6) is -1.27. The average molecular weight is 366 g/mol. The van der Waals surface area contributed by atoms with E-state index in [0.29, 0.717) is 9.90 Å². The summed E-state index contributed by atoms with van der Waals surface area (Å²) in [7, 11) is -3.93. The number of aromatic nitrogens is 1. The minimum atomic E-state index is -3.93. The van der Waals surface area contributed by atoms with E-state index in [1.807, 2.05) is 0 Å². The molecule has 0 bridgehead atoms. The second-order valence-corrected chi connectivity index (χ2v) is 7.47. The Labute approximate surface area is 134 Å². The lowest BCUT2D eigenvalue weighted by molar-refractivity contribution is -0.304. The molecule has 0 aliphatic heterocycles. The van der Waals surface area contributed by atoms with Crippen LogP contribution in [0.5, 0.6) is 0 Å². The molecule has 2 rings (SSSR count). The molecule has 10 heteroatoms. The van der Waals surface area contributed by atoms with Gasteiger partial charge in [-0.05, 0) is 18.2 Å². The number of nitrogens with one attached hydrogen (secondary N) is 1. The number of sulfonamides is 1. The molecule has 0 spiro atoms. The summed E-state index contributed by atoms with van der Waals surface area (Å²) < 4.78 is 26.6. The first-order valence-electron chi connectivity index (χ1n) is 5.40. The zero-order chi connectivity index (χ0) is 15.6. The molecule has 1 N–H and O–H groups in total. The van der Waals surface area contributed by atoms with Crippen molar-refractivity contribution in [2.45, 2.75) is 11.3 Å². The summed E-state index contributed by atoms with van der Waals surface area (Å²) in [5.41, 5.74) is 0. The smallest absolute Gasteiger partial charge is 0.265 e. The first-order chi connectivity index (χ1) is 9.78. The molecule has 0 amide bonds. The third-order valence-corrected chi connectivity index (χ3v) is 5.38. The lowest BCUT2D eigenvalue weighted by Crippen LogP contribution is -2.23. The molecule has 6 nitrogen and oxygen atoms in total. The molecule has 2 aromatic rings. The fraction of sp³-hybridized carbons (Fsp3) is 0.0909. The number of benzene rings is 1. The summed E-state index contributed by atoms with van der Waals surface area (Å²) in [6, 6.07) is 3.97. The first-order valence-corrected chi connectivity index (χ1v) is 8.46. The van der Waals surface area contributed by atoms with E-state index >= 15 is 0 Å². The van der Waals surface area contributed by atoms with Gasteiger partial charge in [-0.25, -0.2) is 13.4 Å². The lowest BCUT2D eigenvalue weighted by Gasteiger charge is -2.07. The van der Waals surface area contributed by atoms with Gasteiger partial charge in [0.15, 0.2) is 5.13 Å². The molecule has 1 aromatic carbocycles. The van der Waals surface area contributed by atoms with Crippen LogP contribution in [0.1, 0.15) is 4.88 Å². The van der Waals surface area contributed by atoms with Crippen LogP contribution < -0.4 is 9.83 Å². The molecule has 1 aromatic heterocycles. The van der Waals surface area contributed by atoms with Crippen molar-refractivity contribution >= 4 is 55.7 Å². The van der Waals surface area contributed by atoms with E-state index in [1.165, 1.54) is 24.4 Å². The van der Waals surface area contributed by atoms with Crippen molar-refractivity contribution in [3.05, 3.63) is 39.3 Å². The number of aliphatic carboxylic acids is 1. The van der Waals surface area contributed by atoms with Gasteiger partial charge in [0.1, 0.15) is 4.90 Å². The van der Waals surface area contributed by atoms with Crippen LogP contribution in [-0.4, -0.2) is 19.4 Å². The highest BCUT2D eigenvalue weighted by Crippen LogP contribution is 2.28. The van der Waals surface area contributed by atoms with Gasteiger partial charge in [0.05, 0.1) is 5.02 Å². The number of carbonyl (C=O) groups is 1. The lowest BCUT2D eigenvalue weighted by atomic mass is 10.4. The van der Waals surface area contributed by atoms with E-state index in [1.54, 1.807) is 0 Å². The Kier molecular flexibility index (Phi) is 4.72. The quantitative estimate of drug-likeness (QED) is 0.866. The Morgan fingerprint density at radius 1 is 1.38 bits per heavy atom. The van der Waals surface area contributed by atoms with Crippen molar-refractivity contribution < 1.29 is 18.3 Å². The van der Waals surface area contributed by atoms with Gasteiger partial charge >= 0.3 is 0 Å². The molecule has 0 aliphatic carbocycles. The summed E-state index contributed by atoms with van der Waals surface area (Å²) in [4.78, 5) is 14.5. The predicted octanol–water partition coefficient (Wildman–Crippen LogP) is 1.54. The van der Waals surface area contributed by atoms with Crippen LogP contribution in [0.2, 0.25) is 10.0 Å². The zero-order valence-electron chi connectivity index (χ0n) is 10.2. The number of carboxylic acid groups (broad SMARTS) is 1. The summed E-state index contributed by atoms with van der Waals surface area (Å²) >= 11 is 12.5. The van der Waals surface area contributed by atoms with E-state index in [2.05, 4.69) is 9.71 Å². The highest BCUT2D eigenvalue weighted by Gasteiger charge is 2.19. The number of halogens is 2. The van der Waals surface area contributed by atoms with E-state index in [9.17, 15) is 18.3 Å². The average Bonchev–Trinajstić information content (AvgIpc) is 2.73. The van der Waals surface area contributed by atoms with Crippen molar-refractivity contribution in [3.8, 4) is 0 Å². The normalized spacial score (nSPS) is 11.3. The highest BCUT2D eigenvalue weighted by molar-refractivity contribution is 7.93. The zero-order valence-corrected chi connectivity index (χ0v) is 13.3.